The van der Waals surface area contributed by atoms with E-state index in [1.807, 2.05) is 6.07 Å². The molecule has 2 aromatic rings. The van der Waals surface area contributed by atoms with Gasteiger partial charge in [0.05, 0.1) is 29.7 Å². The molecule has 128 valence electrons. The molecular formula is C17H18ClFN2O3. The van der Waals surface area contributed by atoms with Gasteiger partial charge in [-0.2, -0.15) is 5.26 Å². The van der Waals surface area contributed by atoms with Crippen molar-refractivity contribution in [3.63, 3.8) is 0 Å². The molecule has 0 radical (unpaired) electrons. The number of hydrogen-bond acceptors (Lipinski definition) is 5. The Bertz CT molecular complexity index is 686. The molecule has 0 saturated carbocycles. The summed E-state index contributed by atoms with van der Waals surface area (Å²) < 4.78 is 29.5. The van der Waals surface area contributed by atoms with E-state index in [0.717, 1.165) is 18.2 Å². The summed E-state index contributed by atoms with van der Waals surface area (Å²) in [5.74, 6) is -0.409. The molecule has 24 heavy (non-hydrogen) atoms. The SMILES string of the molecule is COCCNCCC(Oc1cc(Cl)c(F)cc1C#N)c1ccoc1. The number of ether oxygens (including phenoxy) is 2. The molecular weight excluding hydrogens is 335 g/mol. The predicted molar refractivity (Wildman–Crippen MR) is 87.6 cm³/mol. The molecule has 1 unspecified atom stereocenters. The van der Waals surface area contributed by atoms with Gasteiger partial charge in [0.15, 0.2) is 0 Å². The van der Waals surface area contributed by atoms with Crippen molar-refractivity contribution in [2.45, 2.75) is 12.5 Å². The fourth-order valence-corrected chi connectivity index (χ4v) is 2.30. The van der Waals surface area contributed by atoms with E-state index in [0.29, 0.717) is 19.6 Å². The Hall–Kier alpha value is -2.07. The van der Waals surface area contributed by atoms with E-state index >= 15 is 0 Å². The van der Waals surface area contributed by atoms with Crippen LogP contribution in [0.1, 0.15) is 23.7 Å². The summed E-state index contributed by atoms with van der Waals surface area (Å²) in [4.78, 5) is 0. The smallest absolute Gasteiger partial charge is 0.143 e. The lowest BCUT2D eigenvalue weighted by molar-refractivity contribution is 0.182. The standard InChI is InChI=1S/C17H18ClFN2O3/c1-22-7-5-21-4-2-16(12-3-6-23-11-12)24-17-9-14(18)15(19)8-13(17)10-20/h3,6,8-9,11,16,21H,2,4-5,7H2,1H3. The monoisotopic (exact) mass is 352 g/mol. The minimum atomic E-state index is -0.651. The maximum absolute atomic E-state index is 13.5. The van der Waals surface area contributed by atoms with E-state index in [1.165, 1.54) is 6.07 Å². The van der Waals surface area contributed by atoms with Crippen molar-refractivity contribution >= 4 is 11.6 Å². The van der Waals surface area contributed by atoms with Crippen molar-refractivity contribution in [2.75, 3.05) is 26.8 Å². The van der Waals surface area contributed by atoms with Crippen LogP contribution in [0, 0.1) is 17.1 Å². The number of nitriles is 1. The second-order valence-electron chi connectivity index (χ2n) is 5.07. The fraction of sp³-hybridized carbons (Fsp3) is 0.353. The highest BCUT2D eigenvalue weighted by Crippen LogP contribution is 2.31. The van der Waals surface area contributed by atoms with Gasteiger partial charge >= 0.3 is 0 Å². The summed E-state index contributed by atoms with van der Waals surface area (Å²) in [6.45, 7) is 2.01. The zero-order valence-corrected chi connectivity index (χ0v) is 14.0. The Labute approximate surface area is 144 Å². The lowest BCUT2D eigenvalue weighted by Gasteiger charge is -2.19. The van der Waals surface area contributed by atoms with E-state index in [9.17, 15) is 4.39 Å². The van der Waals surface area contributed by atoms with Crippen LogP contribution < -0.4 is 10.1 Å². The molecule has 0 amide bonds. The number of nitrogens with one attached hydrogen (secondary N) is 1. The third-order valence-corrected chi connectivity index (χ3v) is 3.68. The topological polar surface area (TPSA) is 67.4 Å². The molecule has 0 saturated heterocycles. The molecule has 0 aliphatic rings. The van der Waals surface area contributed by atoms with E-state index in [1.54, 1.807) is 25.7 Å². The zero-order valence-electron chi connectivity index (χ0n) is 13.2. The van der Waals surface area contributed by atoms with Crippen LogP contribution in [0.2, 0.25) is 5.02 Å². The first-order chi connectivity index (χ1) is 11.7. The Morgan fingerprint density at radius 3 is 2.92 bits per heavy atom. The lowest BCUT2D eigenvalue weighted by Crippen LogP contribution is -2.23. The van der Waals surface area contributed by atoms with Crippen LogP contribution in [0.5, 0.6) is 5.75 Å². The second-order valence-corrected chi connectivity index (χ2v) is 5.48. The first kappa shape index (κ1) is 18.3. The van der Waals surface area contributed by atoms with Crippen molar-refractivity contribution in [3.8, 4) is 11.8 Å². The third-order valence-electron chi connectivity index (χ3n) is 3.39. The van der Waals surface area contributed by atoms with Crippen LogP contribution in [0.25, 0.3) is 0 Å². The van der Waals surface area contributed by atoms with Gasteiger partial charge in [-0.15, -0.1) is 0 Å². The molecule has 1 heterocycles. The second kappa shape index (κ2) is 9.28. The molecule has 0 aliphatic carbocycles. The van der Waals surface area contributed by atoms with E-state index in [4.69, 9.17) is 30.8 Å². The highest BCUT2D eigenvalue weighted by atomic mass is 35.5. The van der Waals surface area contributed by atoms with Crippen LogP contribution in [-0.2, 0) is 4.74 Å². The van der Waals surface area contributed by atoms with Crippen molar-refractivity contribution in [1.82, 2.24) is 5.32 Å². The molecule has 7 heteroatoms. The highest BCUT2D eigenvalue weighted by molar-refractivity contribution is 6.30. The van der Waals surface area contributed by atoms with Gasteiger partial charge in [-0.3, -0.25) is 0 Å². The fourth-order valence-electron chi connectivity index (χ4n) is 2.15. The number of furan rings is 1. The molecule has 5 nitrogen and oxygen atoms in total. The minimum absolute atomic E-state index is 0.0897. The molecule has 1 N–H and O–H groups in total. The first-order valence-corrected chi connectivity index (χ1v) is 7.81. The van der Waals surface area contributed by atoms with Gasteiger partial charge in [0.25, 0.3) is 0 Å². The molecule has 0 bridgehead atoms. The van der Waals surface area contributed by atoms with Crippen molar-refractivity contribution in [1.29, 1.82) is 5.26 Å². The van der Waals surface area contributed by atoms with Gasteiger partial charge < -0.3 is 19.2 Å². The Kier molecular flexibility index (Phi) is 7.07. The number of halogens is 2. The number of rotatable bonds is 9. The minimum Gasteiger partial charge on any atom is -0.484 e. The van der Waals surface area contributed by atoms with Crippen LogP contribution in [-0.4, -0.2) is 26.8 Å². The normalized spacial score (nSPS) is 11.9. The van der Waals surface area contributed by atoms with Gasteiger partial charge in [-0.05, 0) is 18.7 Å². The third kappa shape index (κ3) is 4.96. The van der Waals surface area contributed by atoms with E-state index in [2.05, 4.69) is 5.32 Å². The quantitative estimate of drug-likeness (QED) is 0.697. The number of methoxy groups -OCH3 is 1. The average Bonchev–Trinajstić information content (AvgIpc) is 3.11. The van der Waals surface area contributed by atoms with Gasteiger partial charge in [0.1, 0.15) is 23.7 Å². The maximum Gasteiger partial charge on any atom is 0.143 e. The zero-order chi connectivity index (χ0) is 17.4. The summed E-state index contributed by atoms with van der Waals surface area (Å²) in [6, 6.07) is 6.10. The molecule has 0 aliphatic heterocycles. The van der Waals surface area contributed by atoms with Gasteiger partial charge in [-0.25, -0.2) is 4.39 Å². The van der Waals surface area contributed by atoms with Crippen molar-refractivity contribution < 1.29 is 18.3 Å². The summed E-state index contributed by atoms with van der Waals surface area (Å²) in [7, 11) is 1.64. The van der Waals surface area contributed by atoms with Crippen molar-refractivity contribution in [2.24, 2.45) is 0 Å². The number of benzene rings is 1. The van der Waals surface area contributed by atoms with Crippen molar-refractivity contribution in [3.05, 3.63) is 52.7 Å². The molecule has 0 fully saturated rings. The molecule has 2 rings (SSSR count). The highest BCUT2D eigenvalue weighted by Gasteiger charge is 2.18. The van der Waals surface area contributed by atoms with Gasteiger partial charge in [0.2, 0.25) is 0 Å². The molecule has 0 spiro atoms. The summed E-state index contributed by atoms with van der Waals surface area (Å²) in [6.07, 6.45) is 3.40. The Morgan fingerprint density at radius 2 is 2.25 bits per heavy atom. The Balaban J connectivity index is 2.11. The Morgan fingerprint density at radius 1 is 1.42 bits per heavy atom. The van der Waals surface area contributed by atoms with E-state index in [-0.39, 0.29) is 22.4 Å². The summed E-state index contributed by atoms with van der Waals surface area (Å²) in [5, 5.41) is 12.3. The van der Waals surface area contributed by atoms with Crippen LogP contribution in [0.15, 0.2) is 35.1 Å². The first-order valence-electron chi connectivity index (χ1n) is 7.43. The van der Waals surface area contributed by atoms with Gasteiger partial charge in [0, 0.05) is 31.7 Å². The summed E-state index contributed by atoms with van der Waals surface area (Å²) >= 11 is 5.80. The van der Waals surface area contributed by atoms with Crippen LogP contribution in [0.4, 0.5) is 4.39 Å². The van der Waals surface area contributed by atoms with Crippen LogP contribution >= 0.6 is 11.6 Å². The predicted octanol–water partition coefficient (Wildman–Crippen LogP) is 3.69. The molecule has 1 aromatic carbocycles. The van der Waals surface area contributed by atoms with Crippen LogP contribution in [0.3, 0.4) is 0 Å². The number of hydrogen-bond donors (Lipinski definition) is 1. The summed E-state index contributed by atoms with van der Waals surface area (Å²) in [5.41, 5.74) is 0.922. The molecule has 1 aromatic heterocycles. The van der Waals surface area contributed by atoms with E-state index < -0.39 is 5.82 Å². The molecule has 1 atom stereocenters. The lowest BCUT2D eigenvalue weighted by atomic mass is 10.1. The largest absolute Gasteiger partial charge is 0.484 e. The number of nitrogens with zero attached hydrogens (tertiary/aromatic N) is 1. The maximum atomic E-state index is 13.5. The average molecular weight is 353 g/mol. The van der Waals surface area contributed by atoms with Gasteiger partial charge in [-0.1, -0.05) is 11.6 Å².